The van der Waals surface area contributed by atoms with Gasteiger partial charge in [0.05, 0.1) is 5.56 Å². The maximum atomic E-state index is 12.2. The van der Waals surface area contributed by atoms with Crippen LogP contribution in [0.15, 0.2) is 36.4 Å². The van der Waals surface area contributed by atoms with E-state index in [0.29, 0.717) is 30.3 Å². The highest BCUT2D eigenvalue weighted by atomic mass is 16.4. The summed E-state index contributed by atoms with van der Waals surface area (Å²) >= 11 is 0. The van der Waals surface area contributed by atoms with Crippen molar-refractivity contribution in [1.29, 1.82) is 0 Å². The second-order valence-corrected chi connectivity index (χ2v) is 4.58. The summed E-state index contributed by atoms with van der Waals surface area (Å²) < 4.78 is 0. The summed E-state index contributed by atoms with van der Waals surface area (Å²) in [5.41, 5.74) is 0.494. The van der Waals surface area contributed by atoms with Gasteiger partial charge in [-0.25, -0.2) is 4.79 Å². The Labute approximate surface area is 122 Å². The average molecular weight is 281 g/mol. The van der Waals surface area contributed by atoms with Crippen LogP contribution in [0.4, 0.5) is 0 Å². The van der Waals surface area contributed by atoms with E-state index in [-0.39, 0.29) is 11.5 Å². The van der Waals surface area contributed by atoms with Crippen LogP contribution in [0.25, 0.3) is 10.8 Å². The highest BCUT2D eigenvalue weighted by molar-refractivity contribution is 6.14. The first kappa shape index (κ1) is 14.6. The van der Waals surface area contributed by atoms with Gasteiger partial charge in [0.2, 0.25) is 0 Å². The van der Waals surface area contributed by atoms with E-state index in [0.717, 1.165) is 5.39 Å². The number of carbonyl (C=O) groups is 2. The fourth-order valence-electron chi connectivity index (χ4n) is 2.20. The van der Waals surface area contributed by atoms with Gasteiger partial charge in [0.15, 0.2) is 0 Å². The SMILES string of the molecule is C#CCCCNC(=O)c1cccc2cccc(C(=O)O)c12. The second kappa shape index (κ2) is 6.58. The molecule has 0 fully saturated rings. The van der Waals surface area contributed by atoms with Gasteiger partial charge in [0, 0.05) is 23.9 Å². The molecule has 4 nitrogen and oxygen atoms in total. The number of carboxylic acid groups (broad SMARTS) is 1. The Balaban J connectivity index is 2.37. The molecule has 0 bridgehead atoms. The summed E-state index contributed by atoms with van der Waals surface area (Å²) in [5, 5.41) is 13.2. The third kappa shape index (κ3) is 3.21. The molecule has 2 aromatic carbocycles. The van der Waals surface area contributed by atoms with Crippen molar-refractivity contribution in [1.82, 2.24) is 5.32 Å². The Hall–Kier alpha value is -2.80. The molecule has 0 heterocycles. The van der Waals surface area contributed by atoms with Crippen LogP contribution in [0.1, 0.15) is 33.6 Å². The van der Waals surface area contributed by atoms with E-state index >= 15 is 0 Å². The lowest BCUT2D eigenvalue weighted by Gasteiger charge is -2.09. The molecule has 2 N–H and O–H groups in total. The molecule has 21 heavy (non-hydrogen) atoms. The predicted molar refractivity (Wildman–Crippen MR) is 81.3 cm³/mol. The number of carboxylic acids is 1. The molecule has 2 aromatic rings. The lowest BCUT2D eigenvalue weighted by atomic mass is 9.98. The van der Waals surface area contributed by atoms with E-state index in [4.69, 9.17) is 6.42 Å². The zero-order valence-corrected chi connectivity index (χ0v) is 11.4. The molecule has 0 aliphatic heterocycles. The highest BCUT2D eigenvalue weighted by Crippen LogP contribution is 2.23. The van der Waals surface area contributed by atoms with Crippen LogP contribution in [0.3, 0.4) is 0 Å². The van der Waals surface area contributed by atoms with Crippen LogP contribution in [0.2, 0.25) is 0 Å². The van der Waals surface area contributed by atoms with Gasteiger partial charge >= 0.3 is 5.97 Å². The maximum Gasteiger partial charge on any atom is 0.336 e. The highest BCUT2D eigenvalue weighted by Gasteiger charge is 2.15. The topological polar surface area (TPSA) is 66.4 Å². The van der Waals surface area contributed by atoms with Crippen molar-refractivity contribution < 1.29 is 14.7 Å². The largest absolute Gasteiger partial charge is 0.478 e. The first-order valence-corrected chi connectivity index (χ1v) is 6.62. The molecule has 2 rings (SSSR count). The molecule has 0 aliphatic rings. The van der Waals surface area contributed by atoms with Crippen LogP contribution >= 0.6 is 0 Å². The third-order valence-corrected chi connectivity index (χ3v) is 3.16. The van der Waals surface area contributed by atoms with E-state index in [1.165, 1.54) is 6.07 Å². The van der Waals surface area contributed by atoms with Gasteiger partial charge in [-0.1, -0.05) is 24.3 Å². The van der Waals surface area contributed by atoms with E-state index < -0.39 is 5.97 Å². The minimum Gasteiger partial charge on any atom is -0.478 e. The molecule has 0 saturated heterocycles. The van der Waals surface area contributed by atoms with Crippen LogP contribution < -0.4 is 5.32 Å². The van der Waals surface area contributed by atoms with Gasteiger partial charge in [0.25, 0.3) is 5.91 Å². The number of benzene rings is 2. The summed E-state index contributed by atoms with van der Waals surface area (Å²) in [6.45, 7) is 0.467. The summed E-state index contributed by atoms with van der Waals surface area (Å²) in [5.74, 6) is 1.17. The normalized spacial score (nSPS) is 10.0. The van der Waals surface area contributed by atoms with Gasteiger partial charge in [-0.3, -0.25) is 4.79 Å². The van der Waals surface area contributed by atoms with Gasteiger partial charge < -0.3 is 10.4 Å². The van der Waals surface area contributed by atoms with Crippen molar-refractivity contribution >= 4 is 22.6 Å². The standard InChI is InChI=1S/C17H15NO3/c1-2-3-4-11-18-16(19)13-9-5-7-12-8-6-10-14(15(12)13)17(20)21/h1,5-10H,3-4,11H2,(H,18,19)(H,20,21). The Kier molecular flexibility index (Phi) is 4.57. The lowest BCUT2D eigenvalue weighted by molar-refractivity contribution is 0.0699. The monoisotopic (exact) mass is 281 g/mol. The second-order valence-electron chi connectivity index (χ2n) is 4.58. The van der Waals surface area contributed by atoms with Crippen LogP contribution in [-0.4, -0.2) is 23.5 Å². The maximum absolute atomic E-state index is 12.2. The first-order chi connectivity index (χ1) is 10.1. The van der Waals surface area contributed by atoms with Crippen molar-refractivity contribution in [3.05, 3.63) is 47.5 Å². The zero-order valence-electron chi connectivity index (χ0n) is 11.4. The van der Waals surface area contributed by atoms with Gasteiger partial charge in [0.1, 0.15) is 0 Å². The third-order valence-electron chi connectivity index (χ3n) is 3.16. The van der Waals surface area contributed by atoms with Crippen molar-refractivity contribution in [2.45, 2.75) is 12.8 Å². The van der Waals surface area contributed by atoms with Crippen molar-refractivity contribution in [2.24, 2.45) is 0 Å². The predicted octanol–water partition coefficient (Wildman–Crippen LogP) is 2.68. The summed E-state index contributed by atoms with van der Waals surface area (Å²) in [6, 6.07) is 10.1. The van der Waals surface area contributed by atoms with Crippen LogP contribution in [-0.2, 0) is 0 Å². The first-order valence-electron chi connectivity index (χ1n) is 6.62. The Bertz CT molecular complexity index is 723. The Morgan fingerprint density at radius 1 is 1.14 bits per heavy atom. The van der Waals surface area contributed by atoms with Crippen LogP contribution in [0.5, 0.6) is 0 Å². The Morgan fingerprint density at radius 2 is 1.81 bits per heavy atom. The lowest BCUT2D eigenvalue weighted by Crippen LogP contribution is -2.25. The number of aromatic carboxylic acids is 1. The van der Waals surface area contributed by atoms with Crippen LogP contribution in [0, 0.1) is 12.3 Å². The van der Waals surface area contributed by atoms with Gasteiger partial charge in [-0.05, 0) is 23.9 Å². The molecule has 4 heteroatoms. The number of amides is 1. The molecule has 0 unspecified atom stereocenters. The fourth-order valence-corrected chi connectivity index (χ4v) is 2.20. The van der Waals surface area contributed by atoms with Gasteiger partial charge in [-0.15, -0.1) is 12.3 Å². The number of rotatable bonds is 5. The molecule has 1 amide bonds. The number of hydrogen-bond donors (Lipinski definition) is 2. The summed E-state index contributed by atoms with van der Waals surface area (Å²) in [7, 11) is 0. The van der Waals surface area contributed by atoms with Crippen molar-refractivity contribution in [3.63, 3.8) is 0 Å². The molecule has 0 radical (unpaired) electrons. The van der Waals surface area contributed by atoms with Gasteiger partial charge in [-0.2, -0.15) is 0 Å². The molecular formula is C17H15NO3. The number of nitrogens with one attached hydrogen (secondary N) is 1. The molecule has 0 aliphatic carbocycles. The minimum absolute atomic E-state index is 0.127. The smallest absolute Gasteiger partial charge is 0.336 e. The number of unbranched alkanes of at least 4 members (excludes halogenated alkanes) is 1. The van der Waals surface area contributed by atoms with Crippen molar-refractivity contribution in [2.75, 3.05) is 6.54 Å². The Morgan fingerprint density at radius 3 is 2.43 bits per heavy atom. The molecule has 0 spiro atoms. The fraction of sp³-hybridized carbons (Fsp3) is 0.176. The molecule has 106 valence electrons. The summed E-state index contributed by atoms with van der Waals surface area (Å²) in [6.07, 6.45) is 6.44. The molecule has 0 atom stereocenters. The van der Waals surface area contributed by atoms with E-state index in [1.807, 2.05) is 0 Å². The molecule has 0 aromatic heterocycles. The number of fused-ring (bicyclic) bond motifs is 1. The molecule has 0 saturated carbocycles. The summed E-state index contributed by atoms with van der Waals surface area (Å²) in [4.78, 5) is 23.6. The number of carbonyl (C=O) groups excluding carboxylic acids is 1. The molecular weight excluding hydrogens is 266 g/mol. The van der Waals surface area contributed by atoms with E-state index in [2.05, 4.69) is 11.2 Å². The number of terminal acetylenes is 1. The van der Waals surface area contributed by atoms with E-state index in [9.17, 15) is 14.7 Å². The van der Waals surface area contributed by atoms with Crippen molar-refractivity contribution in [3.8, 4) is 12.3 Å². The zero-order chi connectivity index (χ0) is 15.2. The van der Waals surface area contributed by atoms with E-state index in [1.54, 1.807) is 30.3 Å². The number of hydrogen-bond acceptors (Lipinski definition) is 2. The average Bonchev–Trinajstić information content (AvgIpc) is 2.50. The minimum atomic E-state index is -1.05. The quantitative estimate of drug-likeness (QED) is 0.654.